The standard InChI is InChI=1S/C14H26/c1-4-5-12-6-10(2)7-13-8-11(3)9-14(12)13/h10-14H,4-9H2,1-3H3/t10-,11+,12-,13?,14?/m0/s1. The Morgan fingerprint density at radius 3 is 2.21 bits per heavy atom. The predicted octanol–water partition coefficient (Wildman–Crippen LogP) is 4.49. The van der Waals surface area contributed by atoms with Crippen LogP contribution < -0.4 is 0 Å². The molecule has 82 valence electrons. The second-order valence-corrected chi connectivity index (χ2v) is 6.13. The maximum atomic E-state index is 2.47. The molecule has 0 heteroatoms. The highest BCUT2D eigenvalue weighted by atomic mass is 14.5. The van der Waals surface area contributed by atoms with Gasteiger partial charge in [0, 0.05) is 0 Å². The van der Waals surface area contributed by atoms with Crippen molar-refractivity contribution in [1.82, 2.24) is 0 Å². The van der Waals surface area contributed by atoms with Crippen LogP contribution in [0.1, 0.15) is 59.3 Å². The van der Waals surface area contributed by atoms with Crippen LogP contribution in [-0.2, 0) is 0 Å². The topological polar surface area (TPSA) is 0 Å². The quantitative estimate of drug-likeness (QED) is 0.607. The van der Waals surface area contributed by atoms with Crippen molar-refractivity contribution in [2.75, 3.05) is 0 Å². The molecule has 2 aliphatic carbocycles. The summed E-state index contributed by atoms with van der Waals surface area (Å²) in [6, 6.07) is 0. The molecule has 0 N–H and O–H groups in total. The molecule has 0 aromatic rings. The van der Waals surface area contributed by atoms with Gasteiger partial charge in [0.1, 0.15) is 0 Å². The highest BCUT2D eigenvalue weighted by Crippen LogP contribution is 2.50. The SMILES string of the molecule is CCC[C@H]1C[C@H](C)CC2C[C@@H](C)CC21. The first-order chi connectivity index (χ1) is 6.70. The molecule has 2 fully saturated rings. The molecule has 0 aliphatic heterocycles. The molecule has 0 spiro atoms. The van der Waals surface area contributed by atoms with E-state index in [1.807, 2.05) is 0 Å². The van der Waals surface area contributed by atoms with Crippen LogP contribution >= 0.6 is 0 Å². The smallest absolute Gasteiger partial charge is 0.0355 e. The van der Waals surface area contributed by atoms with Gasteiger partial charge in [0.2, 0.25) is 0 Å². The minimum absolute atomic E-state index is 1.01. The second-order valence-electron chi connectivity index (χ2n) is 6.13. The summed E-state index contributed by atoms with van der Waals surface area (Å²) < 4.78 is 0. The molecule has 0 nitrogen and oxygen atoms in total. The third-order valence-electron chi connectivity index (χ3n) is 4.66. The van der Waals surface area contributed by atoms with Gasteiger partial charge < -0.3 is 0 Å². The first-order valence-electron chi connectivity index (χ1n) is 6.70. The molecule has 2 rings (SSSR count). The monoisotopic (exact) mass is 194 g/mol. The number of rotatable bonds is 2. The van der Waals surface area contributed by atoms with Gasteiger partial charge in [-0.3, -0.25) is 0 Å². The maximum absolute atomic E-state index is 2.47. The Balaban J connectivity index is 2.02. The Morgan fingerprint density at radius 1 is 0.929 bits per heavy atom. The number of fused-ring (bicyclic) bond motifs is 1. The van der Waals surface area contributed by atoms with Crippen molar-refractivity contribution in [2.45, 2.75) is 59.3 Å². The van der Waals surface area contributed by atoms with Gasteiger partial charge in [-0.1, -0.05) is 33.6 Å². The Kier molecular flexibility index (Phi) is 3.19. The summed E-state index contributed by atoms with van der Waals surface area (Å²) in [6.45, 7) is 7.29. The molecule has 0 radical (unpaired) electrons. The third kappa shape index (κ3) is 1.99. The largest absolute Gasteiger partial charge is 0.0654 e. The number of hydrogen-bond donors (Lipinski definition) is 0. The molecule has 2 unspecified atom stereocenters. The Hall–Kier alpha value is 0. The fraction of sp³-hybridized carbons (Fsp3) is 1.00. The average molecular weight is 194 g/mol. The molecule has 0 aromatic heterocycles. The Labute approximate surface area is 89.5 Å². The normalized spacial score (nSPS) is 47.8. The van der Waals surface area contributed by atoms with E-state index < -0.39 is 0 Å². The van der Waals surface area contributed by atoms with E-state index in [0.29, 0.717) is 0 Å². The molecular weight excluding hydrogens is 168 g/mol. The summed E-state index contributed by atoms with van der Waals surface area (Å²) in [7, 11) is 0. The van der Waals surface area contributed by atoms with Crippen LogP contribution in [0.25, 0.3) is 0 Å². The molecule has 0 bridgehead atoms. The zero-order chi connectivity index (χ0) is 10.1. The molecule has 0 amide bonds. The van der Waals surface area contributed by atoms with Crippen LogP contribution in [0.3, 0.4) is 0 Å². The lowest BCUT2D eigenvalue weighted by Crippen LogP contribution is -2.28. The van der Waals surface area contributed by atoms with Crippen molar-refractivity contribution in [2.24, 2.45) is 29.6 Å². The summed E-state index contributed by atoms with van der Waals surface area (Å²) in [4.78, 5) is 0. The van der Waals surface area contributed by atoms with E-state index in [0.717, 1.165) is 29.6 Å². The Morgan fingerprint density at radius 2 is 1.57 bits per heavy atom. The van der Waals surface area contributed by atoms with Crippen molar-refractivity contribution in [3.05, 3.63) is 0 Å². The maximum Gasteiger partial charge on any atom is -0.0355 e. The van der Waals surface area contributed by atoms with E-state index in [1.165, 1.54) is 32.1 Å². The summed E-state index contributed by atoms with van der Waals surface area (Å²) in [6.07, 6.45) is 9.04. The van der Waals surface area contributed by atoms with E-state index in [-0.39, 0.29) is 0 Å². The Bertz CT molecular complexity index is 184. The molecule has 0 saturated heterocycles. The second kappa shape index (κ2) is 4.24. The van der Waals surface area contributed by atoms with Crippen molar-refractivity contribution >= 4 is 0 Å². The zero-order valence-electron chi connectivity index (χ0n) is 10.1. The van der Waals surface area contributed by atoms with E-state index in [9.17, 15) is 0 Å². The van der Waals surface area contributed by atoms with Crippen molar-refractivity contribution < 1.29 is 0 Å². The number of hydrogen-bond acceptors (Lipinski definition) is 0. The summed E-state index contributed by atoms with van der Waals surface area (Å²) in [5.41, 5.74) is 0. The summed E-state index contributed by atoms with van der Waals surface area (Å²) >= 11 is 0. The van der Waals surface area contributed by atoms with Gasteiger partial charge in [0.05, 0.1) is 0 Å². The lowest BCUT2D eigenvalue weighted by molar-refractivity contribution is 0.129. The molecular formula is C14H26. The van der Waals surface area contributed by atoms with E-state index >= 15 is 0 Å². The first kappa shape index (κ1) is 10.5. The lowest BCUT2D eigenvalue weighted by Gasteiger charge is -2.37. The first-order valence-corrected chi connectivity index (χ1v) is 6.70. The van der Waals surface area contributed by atoms with Crippen LogP contribution in [0.4, 0.5) is 0 Å². The van der Waals surface area contributed by atoms with Crippen LogP contribution in [-0.4, -0.2) is 0 Å². The van der Waals surface area contributed by atoms with E-state index in [4.69, 9.17) is 0 Å². The lowest BCUT2D eigenvalue weighted by atomic mass is 9.68. The van der Waals surface area contributed by atoms with Crippen molar-refractivity contribution in [1.29, 1.82) is 0 Å². The molecule has 5 atom stereocenters. The minimum Gasteiger partial charge on any atom is -0.0654 e. The van der Waals surface area contributed by atoms with Gasteiger partial charge in [-0.15, -0.1) is 0 Å². The average Bonchev–Trinajstić information content (AvgIpc) is 2.45. The highest BCUT2D eigenvalue weighted by Gasteiger charge is 2.40. The molecule has 2 saturated carbocycles. The molecule has 0 aromatic carbocycles. The van der Waals surface area contributed by atoms with Gasteiger partial charge in [-0.05, 0) is 55.3 Å². The van der Waals surface area contributed by atoms with Gasteiger partial charge in [0.25, 0.3) is 0 Å². The fourth-order valence-corrected chi connectivity index (χ4v) is 4.30. The summed E-state index contributed by atoms with van der Waals surface area (Å²) in [5.74, 6) is 5.33. The van der Waals surface area contributed by atoms with Gasteiger partial charge >= 0.3 is 0 Å². The molecule has 2 aliphatic rings. The summed E-state index contributed by atoms with van der Waals surface area (Å²) in [5, 5.41) is 0. The predicted molar refractivity (Wildman–Crippen MR) is 62.2 cm³/mol. The fourth-order valence-electron chi connectivity index (χ4n) is 4.30. The highest BCUT2D eigenvalue weighted by molar-refractivity contribution is 4.91. The van der Waals surface area contributed by atoms with Crippen LogP contribution in [0, 0.1) is 29.6 Å². The van der Waals surface area contributed by atoms with Crippen molar-refractivity contribution in [3.8, 4) is 0 Å². The van der Waals surface area contributed by atoms with Gasteiger partial charge in [-0.25, -0.2) is 0 Å². The minimum atomic E-state index is 1.01. The van der Waals surface area contributed by atoms with E-state index in [1.54, 1.807) is 6.42 Å². The van der Waals surface area contributed by atoms with Crippen LogP contribution in [0.2, 0.25) is 0 Å². The third-order valence-corrected chi connectivity index (χ3v) is 4.66. The van der Waals surface area contributed by atoms with Crippen LogP contribution in [0.15, 0.2) is 0 Å². The van der Waals surface area contributed by atoms with Gasteiger partial charge in [-0.2, -0.15) is 0 Å². The van der Waals surface area contributed by atoms with Gasteiger partial charge in [0.15, 0.2) is 0 Å². The van der Waals surface area contributed by atoms with Crippen LogP contribution in [0.5, 0.6) is 0 Å². The molecule has 0 heterocycles. The zero-order valence-corrected chi connectivity index (χ0v) is 10.1. The van der Waals surface area contributed by atoms with E-state index in [2.05, 4.69) is 20.8 Å². The molecule has 14 heavy (non-hydrogen) atoms. The van der Waals surface area contributed by atoms with Crippen molar-refractivity contribution in [3.63, 3.8) is 0 Å².